The van der Waals surface area contributed by atoms with E-state index in [1.165, 1.54) is 18.9 Å². The number of para-hydroxylation sites is 1. The molecule has 3 nitrogen and oxygen atoms in total. The smallest absolute Gasteiger partial charge is 0.165 e. The number of benzene rings is 1. The van der Waals surface area contributed by atoms with E-state index in [4.69, 9.17) is 9.47 Å². The standard InChI is InChI=1S/C14H18FNO2/c15-12-3-1-2-11(13-8-16-6-7-17-13)14(12)18-9-10-4-5-10/h1-3,10,13,16H,4-9H2. The maximum atomic E-state index is 13.9. The minimum absolute atomic E-state index is 0.108. The van der Waals surface area contributed by atoms with E-state index in [9.17, 15) is 4.39 Å². The van der Waals surface area contributed by atoms with E-state index in [-0.39, 0.29) is 11.9 Å². The fourth-order valence-electron chi connectivity index (χ4n) is 2.18. The average Bonchev–Trinajstić information content (AvgIpc) is 3.22. The fraction of sp³-hybridized carbons (Fsp3) is 0.571. The first-order valence-corrected chi connectivity index (χ1v) is 6.58. The first kappa shape index (κ1) is 11.9. The Kier molecular flexibility index (Phi) is 3.48. The molecule has 98 valence electrons. The summed E-state index contributed by atoms with van der Waals surface area (Å²) in [5.74, 6) is 0.697. The van der Waals surface area contributed by atoms with Gasteiger partial charge in [-0.3, -0.25) is 0 Å². The van der Waals surface area contributed by atoms with Crippen LogP contribution in [0, 0.1) is 11.7 Å². The fourth-order valence-corrected chi connectivity index (χ4v) is 2.18. The molecule has 1 saturated carbocycles. The quantitative estimate of drug-likeness (QED) is 0.890. The zero-order valence-corrected chi connectivity index (χ0v) is 10.3. The third kappa shape index (κ3) is 2.65. The summed E-state index contributed by atoms with van der Waals surface area (Å²) in [5.41, 5.74) is 0.822. The van der Waals surface area contributed by atoms with Crippen molar-refractivity contribution in [3.05, 3.63) is 29.6 Å². The van der Waals surface area contributed by atoms with Crippen molar-refractivity contribution < 1.29 is 13.9 Å². The molecular weight excluding hydrogens is 233 g/mol. The molecule has 1 aliphatic carbocycles. The number of rotatable bonds is 4. The molecule has 0 radical (unpaired) electrons. The molecule has 1 aliphatic heterocycles. The first-order chi connectivity index (χ1) is 8.84. The summed E-state index contributed by atoms with van der Waals surface area (Å²) in [6.07, 6.45) is 2.29. The monoisotopic (exact) mass is 251 g/mol. The van der Waals surface area contributed by atoms with Crippen molar-refractivity contribution in [3.63, 3.8) is 0 Å². The van der Waals surface area contributed by atoms with Crippen molar-refractivity contribution in [1.29, 1.82) is 0 Å². The molecule has 18 heavy (non-hydrogen) atoms. The normalized spacial score (nSPS) is 23.9. The van der Waals surface area contributed by atoms with Crippen LogP contribution < -0.4 is 10.1 Å². The number of halogens is 1. The van der Waals surface area contributed by atoms with Gasteiger partial charge < -0.3 is 14.8 Å². The molecule has 4 heteroatoms. The zero-order valence-electron chi connectivity index (χ0n) is 10.3. The second-order valence-corrected chi connectivity index (χ2v) is 4.98. The Morgan fingerprint density at radius 1 is 1.39 bits per heavy atom. The first-order valence-electron chi connectivity index (χ1n) is 6.58. The van der Waals surface area contributed by atoms with Crippen molar-refractivity contribution in [2.45, 2.75) is 18.9 Å². The lowest BCUT2D eigenvalue weighted by Gasteiger charge is -2.25. The van der Waals surface area contributed by atoms with Crippen molar-refractivity contribution in [2.24, 2.45) is 5.92 Å². The van der Waals surface area contributed by atoms with Gasteiger partial charge in [-0.15, -0.1) is 0 Å². The molecular formula is C14H18FNO2. The molecule has 2 aliphatic rings. The number of morpholine rings is 1. The number of hydrogen-bond donors (Lipinski definition) is 1. The van der Waals surface area contributed by atoms with Crippen LogP contribution in [-0.2, 0) is 4.74 Å². The Hall–Kier alpha value is -1.13. The highest BCUT2D eigenvalue weighted by atomic mass is 19.1. The summed E-state index contributed by atoms with van der Waals surface area (Å²) in [6, 6.07) is 5.05. The van der Waals surface area contributed by atoms with Gasteiger partial charge in [-0.2, -0.15) is 0 Å². The molecule has 1 unspecified atom stereocenters. The molecule has 1 saturated heterocycles. The highest BCUT2D eigenvalue weighted by Gasteiger charge is 2.25. The van der Waals surface area contributed by atoms with Gasteiger partial charge in [0.05, 0.1) is 19.3 Å². The molecule has 1 heterocycles. The number of hydrogen-bond acceptors (Lipinski definition) is 3. The van der Waals surface area contributed by atoms with E-state index in [1.807, 2.05) is 6.07 Å². The zero-order chi connectivity index (χ0) is 12.4. The van der Waals surface area contributed by atoms with Crippen molar-refractivity contribution in [3.8, 4) is 5.75 Å². The Morgan fingerprint density at radius 2 is 2.28 bits per heavy atom. The summed E-state index contributed by atoms with van der Waals surface area (Å²) >= 11 is 0. The van der Waals surface area contributed by atoms with Gasteiger partial charge in [-0.1, -0.05) is 12.1 Å². The van der Waals surface area contributed by atoms with Crippen LogP contribution in [0.1, 0.15) is 24.5 Å². The third-order valence-electron chi connectivity index (χ3n) is 3.43. The molecule has 2 fully saturated rings. The van der Waals surface area contributed by atoms with E-state index in [0.29, 0.717) is 31.4 Å². The molecule has 1 aromatic rings. The molecule has 3 rings (SSSR count). The molecule has 0 aromatic heterocycles. The highest BCUT2D eigenvalue weighted by Crippen LogP contribution is 2.34. The number of nitrogens with one attached hydrogen (secondary N) is 1. The molecule has 1 aromatic carbocycles. The SMILES string of the molecule is Fc1cccc(C2CNCCO2)c1OCC1CC1. The molecule has 1 N–H and O–H groups in total. The lowest BCUT2D eigenvalue weighted by atomic mass is 10.1. The summed E-state index contributed by atoms with van der Waals surface area (Å²) in [5, 5.41) is 3.25. The van der Waals surface area contributed by atoms with Gasteiger partial charge >= 0.3 is 0 Å². The van der Waals surface area contributed by atoms with Crippen LogP contribution in [-0.4, -0.2) is 26.3 Å². The van der Waals surface area contributed by atoms with E-state index >= 15 is 0 Å². The van der Waals surface area contributed by atoms with E-state index in [0.717, 1.165) is 12.1 Å². The van der Waals surface area contributed by atoms with Crippen LogP contribution in [0.25, 0.3) is 0 Å². The number of ether oxygens (including phenoxy) is 2. The minimum Gasteiger partial charge on any atom is -0.490 e. The van der Waals surface area contributed by atoms with Crippen LogP contribution in [0.4, 0.5) is 4.39 Å². The van der Waals surface area contributed by atoms with E-state index in [2.05, 4.69) is 5.32 Å². The predicted molar refractivity (Wildman–Crippen MR) is 66.2 cm³/mol. The second kappa shape index (κ2) is 5.24. The van der Waals surface area contributed by atoms with Gasteiger partial charge in [0.15, 0.2) is 11.6 Å². The van der Waals surface area contributed by atoms with Crippen LogP contribution in [0.5, 0.6) is 5.75 Å². The lowest BCUT2D eigenvalue weighted by molar-refractivity contribution is 0.0254. The van der Waals surface area contributed by atoms with Crippen LogP contribution in [0.15, 0.2) is 18.2 Å². The molecule has 1 atom stereocenters. The predicted octanol–water partition coefficient (Wildman–Crippen LogP) is 2.28. The van der Waals surface area contributed by atoms with Gasteiger partial charge in [0.25, 0.3) is 0 Å². The minimum atomic E-state index is -0.290. The van der Waals surface area contributed by atoms with Crippen LogP contribution in [0.2, 0.25) is 0 Å². The van der Waals surface area contributed by atoms with Crippen LogP contribution in [0.3, 0.4) is 0 Å². The maximum Gasteiger partial charge on any atom is 0.165 e. The Bertz CT molecular complexity index is 414. The van der Waals surface area contributed by atoms with Gasteiger partial charge in [0.1, 0.15) is 0 Å². The van der Waals surface area contributed by atoms with E-state index < -0.39 is 0 Å². The van der Waals surface area contributed by atoms with Crippen LogP contribution >= 0.6 is 0 Å². The Morgan fingerprint density at radius 3 is 3.00 bits per heavy atom. The average molecular weight is 251 g/mol. The summed E-state index contributed by atoms with van der Waals surface area (Å²) < 4.78 is 25.2. The van der Waals surface area contributed by atoms with E-state index in [1.54, 1.807) is 6.07 Å². The van der Waals surface area contributed by atoms with Crippen molar-refractivity contribution >= 4 is 0 Å². The lowest BCUT2D eigenvalue weighted by Crippen LogP contribution is -2.33. The Balaban J connectivity index is 1.79. The molecule has 0 bridgehead atoms. The van der Waals surface area contributed by atoms with Crippen molar-refractivity contribution in [2.75, 3.05) is 26.3 Å². The van der Waals surface area contributed by atoms with Gasteiger partial charge in [0, 0.05) is 18.7 Å². The van der Waals surface area contributed by atoms with Gasteiger partial charge in [-0.05, 0) is 24.8 Å². The Labute approximate surface area is 106 Å². The second-order valence-electron chi connectivity index (χ2n) is 4.98. The summed E-state index contributed by atoms with van der Waals surface area (Å²) in [4.78, 5) is 0. The highest BCUT2D eigenvalue weighted by molar-refractivity contribution is 5.37. The van der Waals surface area contributed by atoms with Gasteiger partial charge in [0.2, 0.25) is 0 Å². The molecule has 0 spiro atoms. The topological polar surface area (TPSA) is 30.5 Å². The van der Waals surface area contributed by atoms with Crippen molar-refractivity contribution in [1.82, 2.24) is 5.32 Å². The summed E-state index contributed by atoms with van der Waals surface area (Å²) in [6.45, 7) is 2.84. The third-order valence-corrected chi connectivity index (χ3v) is 3.43. The maximum absolute atomic E-state index is 13.9. The summed E-state index contributed by atoms with van der Waals surface area (Å²) in [7, 11) is 0. The largest absolute Gasteiger partial charge is 0.490 e. The van der Waals surface area contributed by atoms with Gasteiger partial charge in [-0.25, -0.2) is 4.39 Å². The molecule has 0 amide bonds.